The smallest absolute Gasteiger partial charge is 0.137 e. The lowest BCUT2D eigenvalue weighted by atomic mass is 10.1. The second kappa shape index (κ2) is 7.16. The van der Waals surface area contributed by atoms with Crippen molar-refractivity contribution in [1.82, 2.24) is 19.2 Å². The van der Waals surface area contributed by atoms with E-state index >= 15 is 0 Å². The number of nitrogens with zero attached hydrogens (tertiary/aromatic N) is 4. The van der Waals surface area contributed by atoms with Crippen molar-refractivity contribution in [1.29, 1.82) is 0 Å². The molecule has 1 fully saturated rings. The minimum atomic E-state index is 0.953. The van der Waals surface area contributed by atoms with Gasteiger partial charge >= 0.3 is 0 Å². The summed E-state index contributed by atoms with van der Waals surface area (Å²) in [5.41, 5.74) is 3.64. The van der Waals surface area contributed by atoms with Crippen LogP contribution in [0.4, 0.5) is 0 Å². The summed E-state index contributed by atoms with van der Waals surface area (Å²) in [4.78, 5) is 9.80. The maximum Gasteiger partial charge on any atom is 0.137 e. The maximum absolute atomic E-state index is 4.71. The zero-order chi connectivity index (χ0) is 16.2. The summed E-state index contributed by atoms with van der Waals surface area (Å²) in [5.74, 6) is 0. The highest BCUT2D eigenvalue weighted by atomic mass is 15.3. The van der Waals surface area contributed by atoms with Crippen LogP contribution in [0.1, 0.15) is 11.3 Å². The van der Waals surface area contributed by atoms with E-state index in [1.165, 1.54) is 11.3 Å². The maximum atomic E-state index is 4.71. The van der Waals surface area contributed by atoms with Gasteiger partial charge < -0.3 is 9.30 Å². The first-order chi connectivity index (χ1) is 11.9. The molecular weight excluding hydrogens is 296 g/mol. The minimum absolute atomic E-state index is 0.953. The Kier molecular flexibility index (Phi) is 4.58. The quantitative estimate of drug-likeness (QED) is 0.722. The average Bonchev–Trinajstić information content (AvgIpc) is 3.04. The zero-order valence-corrected chi connectivity index (χ0v) is 14.0. The first-order valence-electron chi connectivity index (χ1n) is 8.78. The highest BCUT2D eigenvalue weighted by molar-refractivity contribution is 5.39. The second-order valence-corrected chi connectivity index (χ2v) is 6.55. The third-order valence-electron chi connectivity index (χ3n) is 4.82. The number of benzene rings is 1. The topological polar surface area (TPSA) is 23.8 Å². The van der Waals surface area contributed by atoms with Gasteiger partial charge in [0.2, 0.25) is 0 Å². The average molecular weight is 320 g/mol. The largest absolute Gasteiger partial charge is 0.307 e. The second-order valence-electron chi connectivity index (χ2n) is 6.55. The van der Waals surface area contributed by atoms with E-state index in [1.807, 2.05) is 12.1 Å². The fourth-order valence-electron chi connectivity index (χ4n) is 3.40. The first-order valence-corrected chi connectivity index (χ1v) is 8.78. The molecule has 3 aromatic rings. The molecule has 1 aromatic carbocycles. The number of aromatic nitrogens is 2. The molecule has 2 aromatic heterocycles. The Hall–Kier alpha value is -2.17. The Morgan fingerprint density at radius 3 is 2.38 bits per heavy atom. The standard InChI is InChI=1S/C20H24N4/c1-2-6-18(7-3-1)9-11-22-12-14-23(15-13-22)16-19-17-24-10-5-4-8-20(24)21-19/h1-8,10,17H,9,11-16H2. The predicted octanol–water partition coefficient (Wildman–Crippen LogP) is 2.69. The lowest BCUT2D eigenvalue weighted by Gasteiger charge is -2.34. The Balaban J connectivity index is 1.27. The predicted molar refractivity (Wildman–Crippen MR) is 97.1 cm³/mol. The van der Waals surface area contributed by atoms with Crippen molar-refractivity contribution in [3.63, 3.8) is 0 Å². The van der Waals surface area contributed by atoms with Gasteiger partial charge in [-0.05, 0) is 24.1 Å². The molecule has 0 N–H and O–H groups in total. The molecule has 0 atom stereocenters. The molecular formula is C20H24N4. The van der Waals surface area contributed by atoms with Crippen LogP contribution in [0.25, 0.3) is 5.65 Å². The molecule has 4 heteroatoms. The molecule has 24 heavy (non-hydrogen) atoms. The summed E-state index contributed by atoms with van der Waals surface area (Å²) < 4.78 is 2.10. The molecule has 0 spiro atoms. The molecule has 1 aliphatic rings. The van der Waals surface area contributed by atoms with Gasteiger partial charge in [-0.25, -0.2) is 4.98 Å². The van der Waals surface area contributed by atoms with Gasteiger partial charge in [0.15, 0.2) is 0 Å². The van der Waals surface area contributed by atoms with Crippen LogP contribution in [0.3, 0.4) is 0 Å². The Bertz CT molecular complexity index is 739. The SMILES string of the molecule is c1ccc(CCN2CCN(Cc3cn4ccccc4n3)CC2)cc1. The molecule has 0 unspecified atom stereocenters. The van der Waals surface area contributed by atoms with Crippen LogP contribution in [-0.4, -0.2) is 51.9 Å². The van der Waals surface area contributed by atoms with Gasteiger partial charge in [0, 0.05) is 51.7 Å². The fourth-order valence-corrected chi connectivity index (χ4v) is 3.40. The van der Waals surface area contributed by atoms with Crippen molar-refractivity contribution in [3.05, 3.63) is 72.2 Å². The summed E-state index contributed by atoms with van der Waals surface area (Å²) in [6.07, 6.45) is 5.36. The van der Waals surface area contributed by atoms with E-state index in [9.17, 15) is 0 Å². The number of piperazine rings is 1. The number of fused-ring (bicyclic) bond motifs is 1. The van der Waals surface area contributed by atoms with Crippen molar-refractivity contribution in [2.45, 2.75) is 13.0 Å². The Morgan fingerprint density at radius 1 is 0.833 bits per heavy atom. The highest BCUT2D eigenvalue weighted by Gasteiger charge is 2.17. The van der Waals surface area contributed by atoms with Gasteiger partial charge in [-0.15, -0.1) is 0 Å². The Labute approximate surface area is 143 Å². The van der Waals surface area contributed by atoms with Gasteiger partial charge in [-0.2, -0.15) is 0 Å². The Morgan fingerprint density at radius 2 is 1.58 bits per heavy atom. The van der Waals surface area contributed by atoms with Crippen LogP contribution in [0.15, 0.2) is 60.9 Å². The van der Waals surface area contributed by atoms with E-state index < -0.39 is 0 Å². The van der Waals surface area contributed by atoms with Gasteiger partial charge in [0.1, 0.15) is 5.65 Å². The summed E-state index contributed by atoms with van der Waals surface area (Å²) >= 11 is 0. The molecule has 0 aliphatic carbocycles. The molecule has 0 saturated carbocycles. The van der Waals surface area contributed by atoms with E-state index in [4.69, 9.17) is 4.98 Å². The van der Waals surface area contributed by atoms with Crippen LogP contribution < -0.4 is 0 Å². The van der Waals surface area contributed by atoms with Crippen molar-refractivity contribution < 1.29 is 0 Å². The van der Waals surface area contributed by atoms with Crippen molar-refractivity contribution in [2.75, 3.05) is 32.7 Å². The third-order valence-corrected chi connectivity index (χ3v) is 4.82. The number of hydrogen-bond donors (Lipinski definition) is 0. The van der Waals surface area contributed by atoms with Crippen LogP contribution in [0.2, 0.25) is 0 Å². The highest BCUT2D eigenvalue weighted by Crippen LogP contribution is 2.10. The van der Waals surface area contributed by atoms with Crippen molar-refractivity contribution in [2.24, 2.45) is 0 Å². The van der Waals surface area contributed by atoms with E-state index in [2.05, 4.69) is 63.0 Å². The summed E-state index contributed by atoms with van der Waals surface area (Å²) in [7, 11) is 0. The molecule has 0 amide bonds. The molecule has 0 radical (unpaired) electrons. The third kappa shape index (κ3) is 3.66. The van der Waals surface area contributed by atoms with E-state index in [0.29, 0.717) is 0 Å². The van der Waals surface area contributed by atoms with Crippen molar-refractivity contribution >= 4 is 5.65 Å². The molecule has 124 valence electrons. The molecule has 3 heterocycles. The zero-order valence-electron chi connectivity index (χ0n) is 14.0. The monoisotopic (exact) mass is 320 g/mol. The van der Waals surface area contributed by atoms with Gasteiger partial charge in [0.05, 0.1) is 5.69 Å². The molecule has 4 nitrogen and oxygen atoms in total. The minimum Gasteiger partial charge on any atom is -0.307 e. The first kappa shape index (κ1) is 15.4. The summed E-state index contributed by atoms with van der Waals surface area (Å²) in [6, 6.07) is 16.9. The van der Waals surface area contributed by atoms with E-state index in [-0.39, 0.29) is 0 Å². The fraction of sp³-hybridized carbons (Fsp3) is 0.350. The lowest BCUT2D eigenvalue weighted by molar-refractivity contribution is 0.127. The summed E-state index contributed by atoms with van der Waals surface area (Å²) in [6.45, 7) is 6.67. The molecule has 1 aliphatic heterocycles. The number of hydrogen-bond acceptors (Lipinski definition) is 3. The molecule has 4 rings (SSSR count). The summed E-state index contributed by atoms with van der Waals surface area (Å²) in [5, 5.41) is 0. The number of imidazole rings is 1. The number of rotatable bonds is 5. The number of pyridine rings is 1. The van der Waals surface area contributed by atoms with Crippen LogP contribution in [0.5, 0.6) is 0 Å². The molecule has 0 bridgehead atoms. The van der Waals surface area contributed by atoms with Crippen LogP contribution in [-0.2, 0) is 13.0 Å². The van der Waals surface area contributed by atoms with Crippen LogP contribution >= 0.6 is 0 Å². The van der Waals surface area contributed by atoms with Crippen LogP contribution in [0, 0.1) is 0 Å². The van der Waals surface area contributed by atoms with Gasteiger partial charge in [-0.3, -0.25) is 4.90 Å². The normalized spacial score (nSPS) is 16.7. The van der Waals surface area contributed by atoms with Gasteiger partial charge in [-0.1, -0.05) is 36.4 Å². The van der Waals surface area contributed by atoms with Gasteiger partial charge in [0.25, 0.3) is 0 Å². The van der Waals surface area contributed by atoms with E-state index in [0.717, 1.165) is 51.3 Å². The molecule has 1 saturated heterocycles. The van der Waals surface area contributed by atoms with Crippen molar-refractivity contribution in [3.8, 4) is 0 Å². The lowest BCUT2D eigenvalue weighted by Crippen LogP contribution is -2.46. The van der Waals surface area contributed by atoms with E-state index in [1.54, 1.807) is 0 Å².